The number of sulfonamides is 2. The Morgan fingerprint density at radius 2 is 1.58 bits per heavy atom. The van der Waals surface area contributed by atoms with E-state index in [0.717, 1.165) is 6.26 Å². The van der Waals surface area contributed by atoms with E-state index < -0.39 is 20.0 Å². The van der Waals surface area contributed by atoms with Crippen LogP contribution in [-0.4, -0.2) is 30.2 Å². The molecule has 0 heterocycles. The van der Waals surface area contributed by atoms with Gasteiger partial charge < -0.3 is 4.74 Å². The number of nitrogens with one attached hydrogen (secondary N) is 2. The first-order chi connectivity index (χ1) is 11.1. The van der Waals surface area contributed by atoms with Gasteiger partial charge in [0, 0.05) is 5.02 Å². The first kappa shape index (κ1) is 18.4. The molecule has 130 valence electrons. The van der Waals surface area contributed by atoms with Crippen molar-refractivity contribution in [1.29, 1.82) is 0 Å². The van der Waals surface area contributed by atoms with Crippen molar-refractivity contribution < 1.29 is 21.6 Å². The SMILES string of the molecule is COc1ccc(NS(=O)(=O)c2ccc(Cl)cc2)cc1NS(C)(=O)=O. The Morgan fingerprint density at radius 1 is 0.958 bits per heavy atom. The summed E-state index contributed by atoms with van der Waals surface area (Å²) in [7, 11) is -6.01. The fraction of sp³-hybridized carbons (Fsp3) is 0.143. The summed E-state index contributed by atoms with van der Waals surface area (Å²) >= 11 is 5.74. The van der Waals surface area contributed by atoms with Gasteiger partial charge in [-0.15, -0.1) is 0 Å². The van der Waals surface area contributed by atoms with Gasteiger partial charge in [0.1, 0.15) is 5.75 Å². The highest BCUT2D eigenvalue weighted by molar-refractivity contribution is 7.92. The number of rotatable bonds is 6. The van der Waals surface area contributed by atoms with Crippen molar-refractivity contribution in [3.63, 3.8) is 0 Å². The Kier molecular flexibility index (Phi) is 5.26. The molecule has 0 saturated heterocycles. The Hall–Kier alpha value is -1.97. The number of methoxy groups -OCH3 is 1. The van der Waals surface area contributed by atoms with E-state index in [4.69, 9.17) is 16.3 Å². The third-order valence-electron chi connectivity index (χ3n) is 2.87. The van der Waals surface area contributed by atoms with Crippen LogP contribution in [0.2, 0.25) is 5.02 Å². The summed E-state index contributed by atoms with van der Waals surface area (Å²) in [6.45, 7) is 0. The summed E-state index contributed by atoms with van der Waals surface area (Å²) in [6.07, 6.45) is 0.983. The van der Waals surface area contributed by atoms with Crippen LogP contribution in [0.15, 0.2) is 47.4 Å². The largest absolute Gasteiger partial charge is 0.495 e. The second-order valence-corrected chi connectivity index (χ2v) is 8.72. The van der Waals surface area contributed by atoms with Crippen LogP contribution in [0.25, 0.3) is 0 Å². The molecular formula is C14H15ClN2O5S2. The molecule has 0 bridgehead atoms. The maximum atomic E-state index is 12.3. The lowest BCUT2D eigenvalue weighted by molar-refractivity contribution is 0.417. The number of benzene rings is 2. The topological polar surface area (TPSA) is 102 Å². The summed E-state index contributed by atoms with van der Waals surface area (Å²) in [6, 6.07) is 9.88. The number of halogens is 1. The summed E-state index contributed by atoms with van der Waals surface area (Å²) in [5.74, 6) is 0.259. The van der Waals surface area contributed by atoms with E-state index in [-0.39, 0.29) is 22.0 Å². The van der Waals surface area contributed by atoms with Crippen LogP contribution in [0.4, 0.5) is 11.4 Å². The fourth-order valence-electron chi connectivity index (χ4n) is 1.88. The van der Waals surface area contributed by atoms with Crippen molar-refractivity contribution in [3.05, 3.63) is 47.5 Å². The Balaban J connectivity index is 2.35. The first-order valence-corrected chi connectivity index (χ1v) is 10.3. The molecule has 0 amide bonds. The van der Waals surface area contributed by atoms with Gasteiger partial charge >= 0.3 is 0 Å². The zero-order chi connectivity index (χ0) is 18.0. The van der Waals surface area contributed by atoms with E-state index in [1.807, 2.05) is 0 Å². The standard InChI is InChI=1S/C14H15ClN2O5S2/c1-22-14-8-5-11(9-13(14)17-23(2,18)19)16-24(20,21)12-6-3-10(15)4-7-12/h3-9,16-17H,1-2H3. The second kappa shape index (κ2) is 6.88. The quantitative estimate of drug-likeness (QED) is 0.789. The predicted octanol–water partition coefficient (Wildman–Crippen LogP) is 2.52. The average molecular weight is 391 g/mol. The molecule has 2 rings (SSSR count). The zero-order valence-electron chi connectivity index (χ0n) is 12.8. The highest BCUT2D eigenvalue weighted by Crippen LogP contribution is 2.29. The second-order valence-electron chi connectivity index (χ2n) is 4.85. The van der Waals surface area contributed by atoms with Gasteiger partial charge in [-0.3, -0.25) is 9.44 Å². The third kappa shape index (κ3) is 4.76. The molecule has 2 N–H and O–H groups in total. The van der Waals surface area contributed by atoms with E-state index >= 15 is 0 Å². The molecule has 10 heteroatoms. The van der Waals surface area contributed by atoms with Crippen LogP contribution >= 0.6 is 11.6 Å². The summed E-state index contributed by atoms with van der Waals surface area (Å²) in [5.41, 5.74) is 0.299. The van der Waals surface area contributed by atoms with Crippen molar-refractivity contribution in [2.75, 3.05) is 22.8 Å². The molecule has 0 aromatic heterocycles. The number of hydrogen-bond donors (Lipinski definition) is 2. The van der Waals surface area contributed by atoms with Crippen molar-refractivity contribution in [1.82, 2.24) is 0 Å². The smallest absolute Gasteiger partial charge is 0.261 e. The molecule has 0 atom stereocenters. The molecule has 2 aromatic carbocycles. The maximum absolute atomic E-state index is 12.3. The van der Waals surface area contributed by atoms with E-state index in [9.17, 15) is 16.8 Å². The van der Waals surface area contributed by atoms with Crippen molar-refractivity contribution >= 4 is 43.0 Å². The van der Waals surface area contributed by atoms with Crippen LogP contribution in [0.5, 0.6) is 5.75 Å². The summed E-state index contributed by atoms with van der Waals surface area (Å²) in [5, 5.41) is 0.415. The van der Waals surface area contributed by atoms with Gasteiger partial charge in [0.05, 0.1) is 29.6 Å². The van der Waals surface area contributed by atoms with Crippen LogP contribution in [0.3, 0.4) is 0 Å². The van der Waals surface area contributed by atoms with Crippen molar-refractivity contribution in [3.8, 4) is 5.75 Å². The molecule has 0 aliphatic carbocycles. The van der Waals surface area contributed by atoms with Crippen molar-refractivity contribution in [2.24, 2.45) is 0 Å². The molecule has 0 aliphatic rings. The molecule has 24 heavy (non-hydrogen) atoms. The van der Waals surface area contributed by atoms with E-state index in [0.29, 0.717) is 5.02 Å². The van der Waals surface area contributed by atoms with Gasteiger partial charge in [0.15, 0.2) is 0 Å². The minimum atomic E-state index is -3.84. The fourth-order valence-corrected chi connectivity index (χ4v) is 3.61. The highest BCUT2D eigenvalue weighted by Gasteiger charge is 2.16. The maximum Gasteiger partial charge on any atom is 0.261 e. The van der Waals surface area contributed by atoms with Crippen LogP contribution in [-0.2, 0) is 20.0 Å². The van der Waals surface area contributed by atoms with Crippen LogP contribution in [0, 0.1) is 0 Å². The normalized spacial score (nSPS) is 11.8. The summed E-state index contributed by atoms with van der Waals surface area (Å²) < 4.78 is 57.2. The molecule has 0 fully saturated rings. The molecule has 0 saturated carbocycles. The predicted molar refractivity (Wildman–Crippen MR) is 93.7 cm³/mol. The van der Waals surface area contributed by atoms with E-state index in [2.05, 4.69) is 9.44 Å². The van der Waals surface area contributed by atoms with Gasteiger partial charge in [0.25, 0.3) is 10.0 Å². The molecule has 2 aromatic rings. The Bertz CT molecular complexity index is 942. The van der Waals surface area contributed by atoms with Gasteiger partial charge in [0.2, 0.25) is 10.0 Å². The molecule has 0 aliphatic heterocycles. The molecular weight excluding hydrogens is 376 g/mol. The number of anilines is 2. The first-order valence-electron chi connectivity index (χ1n) is 6.55. The lowest BCUT2D eigenvalue weighted by atomic mass is 10.2. The monoisotopic (exact) mass is 390 g/mol. The number of ether oxygens (including phenoxy) is 1. The molecule has 0 radical (unpaired) electrons. The van der Waals surface area contributed by atoms with Gasteiger partial charge in [-0.2, -0.15) is 0 Å². The average Bonchev–Trinajstić information content (AvgIpc) is 2.46. The molecule has 7 nitrogen and oxygen atoms in total. The minimum absolute atomic E-state index is 0.0281. The van der Waals surface area contributed by atoms with Crippen LogP contribution < -0.4 is 14.2 Å². The highest BCUT2D eigenvalue weighted by atomic mass is 35.5. The van der Waals surface area contributed by atoms with Gasteiger partial charge in [-0.05, 0) is 42.5 Å². The van der Waals surface area contributed by atoms with E-state index in [1.165, 1.54) is 49.6 Å². The lowest BCUT2D eigenvalue weighted by Gasteiger charge is -2.13. The van der Waals surface area contributed by atoms with Crippen molar-refractivity contribution in [2.45, 2.75) is 4.90 Å². The number of hydrogen-bond acceptors (Lipinski definition) is 5. The van der Waals surface area contributed by atoms with E-state index in [1.54, 1.807) is 0 Å². The summed E-state index contributed by atoms with van der Waals surface area (Å²) in [4.78, 5) is 0.0281. The Morgan fingerprint density at radius 3 is 2.12 bits per heavy atom. The van der Waals surface area contributed by atoms with Gasteiger partial charge in [-0.25, -0.2) is 16.8 Å². The van der Waals surface area contributed by atoms with Gasteiger partial charge in [-0.1, -0.05) is 11.6 Å². The molecule has 0 spiro atoms. The Labute approximate surface area is 145 Å². The van der Waals surface area contributed by atoms with Crippen LogP contribution in [0.1, 0.15) is 0 Å². The third-order valence-corrected chi connectivity index (χ3v) is 5.11. The molecule has 0 unspecified atom stereocenters. The minimum Gasteiger partial charge on any atom is -0.495 e. The zero-order valence-corrected chi connectivity index (χ0v) is 15.2. The lowest BCUT2D eigenvalue weighted by Crippen LogP contribution is -2.14.